The third kappa shape index (κ3) is 4.13. The minimum Gasteiger partial charge on any atom is -0.497 e. The monoisotopic (exact) mass is 382 g/mol. The Kier molecular flexibility index (Phi) is 5.22. The van der Waals surface area contributed by atoms with E-state index in [1.807, 2.05) is 0 Å². The van der Waals surface area contributed by atoms with Gasteiger partial charge in [-0.2, -0.15) is 4.68 Å². The van der Waals surface area contributed by atoms with E-state index in [4.69, 9.17) is 9.47 Å². The van der Waals surface area contributed by atoms with Gasteiger partial charge in [-0.15, -0.1) is 5.10 Å². The molecule has 1 amide bonds. The first-order chi connectivity index (χ1) is 12.8. The molecule has 3 rings (SSSR count). The smallest absolute Gasteiger partial charge is 0.262 e. The maximum atomic E-state index is 13.3. The van der Waals surface area contributed by atoms with E-state index in [9.17, 15) is 13.6 Å². The second kappa shape index (κ2) is 7.43. The summed E-state index contributed by atoms with van der Waals surface area (Å²) in [6.45, 7) is -0.451. The van der Waals surface area contributed by atoms with E-state index in [0.29, 0.717) is 23.0 Å². The predicted molar refractivity (Wildman–Crippen MR) is 90.1 cm³/mol. The number of nitrogens with zero attached hydrogens (tertiary/aromatic N) is 5. The summed E-state index contributed by atoms with van der Waals surface area (Å²) in [5, 5.41) is 14.1. The minimum absolute atomic E-state index is 0.0507. The van der Waals surface area contributed by atoms with Crippen molar-refractivity contribution in [3.63, 3.8) is 0 Å². The Hall–Kier alpha value is -2.82. The molecule has 2 aromatic rings. The summed E-state index contributed by atoms with van der Waals surface area (Å²) in [7, 11) is 4.57. The zero-order valence-electron chi connectivity index (χ0n) is 15.1. The molecule has 1 N–H and O–H groups in total. The van der Waals surface area contributed by atoms with E-state index in [1.165, 1.54) is 30.8 Å². The first-order valence-corrected chi connectivity index (χ1v) is 8.20. The second-order valence-electron chi connectivity index (χ2n) is 6.27. The van der Waals surface area contributed by atoms with Crippen molar-refractivity contribution in [2.24, 2.45) is 0 Å². The Bertz CT molecular complexity index is 806. The third-order valence-corrected chi connectivity index (χ3v) is 4.28. The molecule has 1 fully saturated rings. The van der Waals surface area contributed by atoms with Gasteiger partial charge in [0.15, 0.2) is 5.82 Å². The number of alkyl halides is 2. The summed E-state index contributed by atoms with van der Waals surface area (Å²) in [4.78, 5) is 13.7. The number of methoxy groups -OCH3 is 2. The lowest BCUT2D eigenvalue weighted by Gasteiger charge is -2.20. The number of nitrogens with one attached hydrogen (secondary N) is 1. The quantitative estimate of drug-likeness (QED) is 0.783. The number of carbonyl (C=O) groups excluding carboxylic acids is 1. The highest BCUT2D eigenvalue weighted by Gasteiger charge is 2.43. The molecular formula is C16H20F2N6O3. The van der Waals surface area contributed by atoms with Crippen LogP contribution in [0.15, 0.2) is 18.2 Å². The number of halogens is 2. The molecule has 0 saturated carbocycles. The topological polar surface area (TPSA) is 94.4 Å². The largest absolute Gasteiger partial charge is 0.497 e. The van der Waals surface area contributed by atoms with Gasteiger partial charge in [-0.1, -0.05) is 0 Å². The molecule has 0 aliphatic carbocycles. The average Bonchev–Trinajstić information content (AvgIpc) is 3.26. The lowest BCUT2D eigenvalue weighted by molar-refractivity contribution is -0.133. The second-order valence-corrected chi connectivity index (χ2v) is 6.27. The molecule has 1 unspecified atom stereocenters. The van der Waals surface area contributed by atoms with E-state index >= 15 is 0 Å². The molecule has 146 valence electrons. The Labute approximate surface area is 154 Å². The van der Waals surface area contributed by atoms with Crippen LogP contribution in [0.3, 0.4) is 0 Å². The van der Waals surface area contributed by atoms with Crippen LogP contribution >= 0.6 is 0 Å². The zero-order valence-corrected chi connectivity index (χ0v) is 15.1. The molecule has 1 aliphatic rings. The lowest BCUT2D eigenvalue weighted by atomic mass is 10.1. The van der Waals surface area contributed by atoms with Crippen molar-refractivity contribution >= 4 is 5.91 Å². The van der Waals surface area contributed by atoms with Crippen LogP contribution in [0, 0.1) is 0 Å². The standard InChI is InChI=1S/C16H20F2N6O3/c1-23(15(25)13-7-16(17,18)9-19-13)8-14-20-21-22-24(14)10-4-11(26-2)6-12(5-10)27-3/h4-6,13,19H,7-9H2,1-3H3. The molecule has 0 radical (unpaired) electrons. The fourth-order valence-electron chi connectivity index (χ4n) is 2.87. The van der Waals surface area contributed by atoms with Crippen molar-refractivity contribution in [3.8, 4) is 17.2 Å². The molecule has 0 bridgehead atoms. The van der Waals surface area contributed by atoms with E-state index in [0.717, 1.165) is 0 Å². The van der Waals surface area contributed by atoms with E-state index in [2.05, 4.69) is 20.8 Å². The van der Waals surface area contributed by atoms with Crippen LogP contribution in [0.4, 0.5) is 8.78 Å². The van der Waals surface area contributed by atoms with Gasteiger partial charge in [0, 0.05) is 31.7 Å². The number of rotatable bonds is 6. The number of tetrazole rings is 1. The average molecular weight is 382 g/mol. The van der Waals surface area contributed by atoms with Crippen LogP contribution < -0.4 is 14.8 Å². The Balaban J connectivity index is 1.78. The van der Waals surface area contributed by atoms with Crippen LogP contribution in [-0.2, 0) is 11.3 Å². The number of hydrogen-bond donors (Lipinski definition) is 1. The number of benzene rings is 1. The van der Waals surface area contributed by atoms with Gasteiger partial charge in [-0.05, 0) is 10.4 Å². The number of amides is 1. The van der Waals surface area contributed by atoms with E-state index in [1.54, 1.807) is 18.2 Å². The molecule has 1 aromatic heterocycles. The maximum absolute atomic E-state index is 13.3. The molecule has 27 heavy (non-hydrogen) atoms. The van der Waals surface area contributed by atoms with Gasteiger partial charge in [0.25, 0.3) is 5.92 Å². The lowest BCUT2D eigenvalue weighted by Crippen LogP contribution is -2.41. The van der Waals surface area contributed by atoms with Crippen molar-refractivity contribution < 1.29 is 23.0 Å². The van der Waals surface area contributed by atoms with Gasteiger partial charge in [0.1, 0.15) is 11.5 Å². The van der Waals surface area contributed by atoms with Crippen molar-refractivity contribution in [2.45, 2.75) is 24.9 Å². The van der Waals surface area contributed by atoms with Crippen LogP contribution in [0.1, 0.15) is 12.2 Å². The molecule has 1 atom stereocenters. The van der Waals surface area contributed by atoms with E-state index < -0.39 is 30.8 Å². The Morgan fingerprint density at radius 3 is 2.56 bits per heavy atom. The highest BCUT2D eigenvalue weighted by Crippen LogP contribution is 2.27. The Morgan fingerprint density at radius 1 is 1.33 bits per heavy atom. The molecule has 11 heteroatoms. The molecule has 2 heterocycles. The number of ether oxygens (including phenoxy) is 2. The number of likely N-dealkylation sites (N-methyl/N-ethyl adjacent to an activating group) is 1. The van der Waals surface area contributed by atoms with Crippen LogP contribution in [-0.4, -0.2) is 70.8 Å². The molecule has 1 aromatic carbocycles. The van der Waals surface area contributed by atoms with Crippen molar-refractivity contribution in [1.29, 1.82) is 0 Å². The van der Waals surface area contributed by atoms with Gasteiger partial charge in [0.05, 0.1) is 39.0 Å². The van der Waals surface area contributed by atoms with Crippen LogP contribution in [0.5, 0.6) is 11.5 Å². The van der Waals surface area contributed by atoms with Gasteiger partial charge in [-0.25, -0.2) is 8.78 Å². The van der Waals surface area contributed by atoms with Crippen molar-refractivity contribution in [3.05, 3.63) is 24.0 Å². The summed E-state index contributed by atoms with van der Waals surface area (Å²) < 4.78 is 38.6. The fourth-order valence-corrected chi connectivity index (χ4v) is 2.87. The number of carbonyl (C=O) groups is 1. The summed E-state index contributed by atoms with van der Waals surface area (Å²) in [6, 6.07) is 4.20. The summed E-state index contributed by atoms with van der Waals surface area (Å²) >= 11 is 0. The first kappa shape index (κ1) is 19.0. The molecule has 0 spiro atoms. The zero-order chi connectivity index (χ0) is 19.6. The summed E-state index contributed by atoms with van der Waals surface area (Å²) in [5.74, 6) is -1.85. The minimum atomic E-state index is -2.88. The summed E-state index contributed by atoms with van der Waals surface area (Å²) in [5.41, 5.74) is 0.581. The van der Waals surface area contributed by atoms with Gasteiger partial charge in [-0.3, -0.25) is 10.1 Å². The van der Waals surface area contributed by atoms with Gasteiger partial charge >= 0.3 is 0 Å². The predicted octanol–water partition coefficient (Wildman–Crippen LogP) is 0.635. The molecule has 1 aliphatic heterocycles. The molecular weight excluding hydrogens is 362 g/mol. The fraction of sp³-hybridized carbons (Fsp3) is 0.500. The van der Waals surface area contributed by atoms with E-state index in [-0.39, 0.29) is 6.54 Å². The number of aromatic nitrogens is 4. The van der Waals surface area contributed by atoms with Gasteiger partial charge < -0.3 is 14.4 Å². The highest BCUT2D eigenvalue weighted by molar-refractivity contribution is 5.82. The first-order valence-electron chi connectivity index (χ1n) is 8.20. The SMILES string of the molecule is COc1cc(OC)cc(-n2nnnc2CN(C)C(=O)C2CC(F)(F)CN2)c1. The Morgan fingerprint density at radius 2 is 2.00 bits per heavy atom. The highest BCUT2D eigenvalue weighted by atomic mass is 19.3. The third-order valence-electron chi connectivity index (χ3n) is 4.28. The van der Waals surface area contributed by atoms with Crippen LogP contribution in [0.2, 0.25) is 0 Å². The van der Waals surface area contributed by atoms with Crippen molar-refractivity contribution in [1.82, 2.24) is 30.4 Å². The maximum Gasteiger partial charge on any atom is 0.262 e. The number of hydrogen-bond acceptors (Lipinski definition) is 7. The summed E-state index contributed by atoms with van der Waals surface area (Å²) in [6.07, 6.45) is -0.520. The molecule has 9 nitrogen and oxygen atoms in total. The van der Waals surface area contributed by atoms with Crippen LogP contribution in [0.25, 0.3) is 5.69 Å². The van der Waals surface area contributed by atoms with Gasteiger partial charge in [0.2, 0.25) is 5.91 Å². The molecule has 1 saturated heterocycles. The normalized spacial score (nSPS) is 18.3. The van der Waals surface area contributed by atoms with Crippen molar-refractivity contribution in [2.75, 3.05) is 27.8 Å².